The number of aliphatic hydroxyl groups is 1. The predicted octanol–water partition coefficient (Wildman–Crippen LogP) is 0.540. The molecule has 0 aliphatic rings. The third-order valence-electron chi connectivity index (χ3n) is 2.33. The highest BCUT2D eigenvalue weighted by atomic mass is 16.5. The lowest BCUT2D eigenvalue weighted by molar-refractivity contribution is 0.0321. The van der Waals surface area contributed by atoms with Crippen molar-refractivity contribution in [2.75, 3.05) is 27.4 Å². The van der Waals surface area contributed by atoms with Crippen molar-refractivity contribution in [2.24, 2.45) is 5.73 Å². The maximum atomic E-state index is 9.26. The van der Waals surface area contributed by atoms with E-state index >= 15 is 0 Å². The van der Waals surface area contributed by atoms with Gasteiger partial charge in [-0.15, -0.1) is 0 Å². The molecule has 0 aromatic heterocycles. The fraction of sp³-hybridized carbons (Fsp3) is 0.500. The van der Waals surface area contributed by atoms with Crippen LogP contribution in [0.1, 0.15) is 5.56 Å². The van der Waals surface area contributed by atoms with Crippen molar-refractivity contribution >= 4 is 0 Å². The molecule has 0 spiro atoms. The summed E-state index contributed by atoms with van der Waals surface area (Å²) in [6.45, 7) is 0.740. The van der Waals surface area contributed by atoms with Gasteiger partial charge < -0.3 is 25.1 Å². The van der Waals surface area contributed by atoms with Gasteiger partial charge in [0.05, 0.1) is 33.5 Å². The first-order chi connectivity index (χ1) is 8.21. The van der Waals surface area contributed by atoms with Crippen molar-refractivity contribution < 1.29 is 19.3 Å². The van der Waals surface area contributed by atoms with Crippen LogP contribution in [0.5, 0.6) is 11.5 Å². The lowest BCUT2D eigenvalue weighted by Crippen LogP contribution is -2.25. The Morgan fingerprint density at radius 3 is 2.65 bits per heavy atom. The molecule has 0 amide bonds. The third-order valence-corrected chi connectivity index (χ3v) is 2.33. The molecule has 5 nitrogen and oxygen atoms in total. The smallest absolute Gasteiger partial charge is 0.124 e. The monoisotopic (exact) mass is 241 g/mol. The van der Waals surface area contributed by atoms with Crippen LogP contribution in [0, 0.1) is 0 Å². The molecule has 0 saturated heterocycles. The van der Waals surface area contributed by atoms with E-state index in [2.05, 4.69) is 0 Å². The fourth-order valence-electron chi connectivity index (χ4n) is 1.37. The average molecular weight is 241 g/mol. The summed E-state index contributed by atoms with van der Waals surface area (Å²) in [7, 11) is 3.20. The summed E-state index contributed by atoms with van der Waals surface area (Å²) in [4.78, 5) is 0. The number of hydrogen-bond donors (Lipinski definition) is 2. The largest absolute Gasteiger partial charge is 0.497 e. The van der Waals surface area contributed by atoms with Crippen molar-refractivity contribution in [3.8, 4) is 11.5 Å². The van der Waals surface area contributed by atoms with Gasteiger partial charge >= 0.3 is 0 Å². The maximum absolute atomic E-state index is 9.26. The zero-order valence-electron chi connectivity index (χ0n) is 10.2. The molecule has 0 unspecified atom stereocenters. The molecule has 0 aliphatic heterocycles. The van der Waals surface area contributed by atoms with Gasteiger partial charge in [0.15, 0.2) is 0 Å². The van der Waals surface area contributed by atoms with Crippen molar-refractivity contribution in [2.45, 2.75) is 12.7 Å². The maximum Gasteiger partial charge on any atom is 0.124 e. The summed E-state index contributed by atoms with van der Waals surface area (Å²) in [5.41, 5.74) is 6.15. The Morgan fingerprint density at radius 1 is 1.29 bits per heavy atom. The van der Waals surface area contributed by atoms with Gasteiger partial charge in [-0.3, -0.25) is 0 Å². The highest BCUT2D eigenvalue weighted by Crippen LogP contribution is 2.24. The Labute approximate surface area is 101 Å². The molecular formula is C12H19NO4. The van der Waals surface area contributed by atoms with Gasteiger partial charge in [-0.05, 0) is 18.2 Å². The van der Waals surface area contributed by atoms with Crippen LogP contribution in [0.2, 0.25) is 0 Å². The molecule has 0 bridgehead atoms. The van der Waals surface area contributed by atoms with Crippen molar-refractivity contribution in [3.05, 3.63) is 23.8 Å². The topological polar surface area (TPSA) is 73.9 Å². The molecule has 0 fully saturated rings. The lowest BCUT2D eigenvalue weighted by Gasteiger charge is -2.12. The highest BCUT2D eigenvalue weighted by Gasteiger charge is 2.07. The fourth-order valence-corrected chi connectivity index (χ4v) is 1.37. The number of aliphatic hydroxyl groups excluding tert-OH is 1. The van der Waals surface area contributed by atoms with E-state index in [-0.39, 0.29) is 13.2 Å². The standard InChI is InChI=1S/C12H19NO4/c1-15-11-3-4-12(16-2)9(5-11)7-17-8-10(14)6-13/h3-5,10,14H,6-8,13H2,1-2H3/t10-/m0/s1. The summed E-state index contributed by atoms with van der Waals surface area (Å²) in [6.07, 6.45) is -0.633. The van der Waals surface area contributed by atoms with E-state index in [4.69, 9.17) is 19.9 Å². The molecule has 3 N–H and O–H groups in total. The van der Waals surface area contributed by atoms with Gasteiger partial charge in [0, 0.05) is 12.1 Å². The first-order valence-corrected chi connectivity index (χ1v) is 5.38. The summed E-state index contributed by atoms with van der Waals surface area (Å²) < 4.78 is 15.7. The number of methoxy groups -OCH3 is 2. The molecular weight excluding hydrogens is 222 g/mol. The van der Waals surface area contributed by atoms with E-state index < -0.39 is 6.10 Å². The molecule has 17 heavy (non-hydrogen) atoms. The Balaban J connectivity index is 2.61. The first kappa shape index (κ1) is 13.8. The van der Waals surface area contributed by atoms with E-state index in [9.17, 15) is 5.11 Å². The van der Waals surface area contributed by atoms with E-state index in [1.54, 1.807) is 14.2 Å². The number of ether oxygens (including phenoxy) is 3. The Kier molecular flexibility index (Phi) is 5.76. The number of benzene rings is 1. The second kappa shape index (κ2) is 7.11. The first-order valence-electron chi connectivity index (χ1n) is 5.38. The summed E-state index contributed by atoms with van der Waals surface area (Å²) >= 11 is 0. The number of nitrogens with two attached hydrogens (primary N) is 1. The second-order valence-electron chi connectivity index (χ2n) is 3.58. The SMILES string of the molecule is COc1ccc(OC)c(COC[C@@H](O)CN)c1. The molecule has 1 aromatic carbocycles. The van der Waals surface area contributed by atoms with Crippen LogP contribution in [0.15, 0.2) is 18.2 Å². The van der Waals surface area contributed by atoms with Crippen LogP contribution >= 0.6 is 0 Å². The van der Waals surface area contributed by atoms with Crippen molar-refractivity contribution in [3.63, 3.8) is 0 Å². The van der Waals surface area contributed by atoms with Gasteiger partial charge in [-0.25, -0.2) is 0 Å². The van der Waals surface area contributed by atoms with Crippen LogP contribution in [0.3, 0.4) is 0 Å². The van der Waals surface area contributed by atoms with Gasteiger partial charge in [0.2, 0.25) is 0 Å². The van der Waals surface area contributed by atoms with Gasteiger partial charge in [-0.2, -0.15) is 0 Å². The van der Waals surface area contributed by atoms with Crippen LogP contribution in [-0.2, 0) is 11.3 Å². The van der Waals surface area contributed by atoms with Crippen LogP contribution in [-0.4, -0.2) is 38.6 Å². The van der Waals surface area contributed by atoms with Gasteiger partial charge in [-0.1, -0.05) is 0 Å². The minimum absolute atomic E-state index is 0.190. The second-order valence-corrected chi connectivity index (χ2v) is 3.58. The minimum atomic E-state index is -0.633. The third kappa shape index (κ3) is 4.22. The number of hydrogen-bond acceptors (Lipinski definition) is 5. The molecule has 1 aromatic rings. The van der Waals surface area contributed by atoms with Crippen LogP contribution in [0.4, 0.5) is 0 Å². The van der Waals surface area contributed by atoms with E-state index in [0.29, 0.717) is 6.61 Å². The Hall–Kier alpha value is -1.30. The molecule has 1 atom stereocenters. The zero-order chi connectivity index (χ0) is 12.7. The Bertz CT molecular complexity index is 343. The van der Waals surface area contributed by atoms with Crippen LogP contribution in [0.25, 0.3) is 0 Å². The highest BCUT2D eigenvalue weighted by molar-refractivity contribution is 5.39. The molecule has 1 rings (SSSR count). The summed E-state index contributed by atoms with van der Waals surface area (Å²) in [6, 6.07) is 5.47. The van der Waals surface area contributed by atoms with E-state index in [1.807, 2.05) is 18.2 Å². The van der Waals surface area contributed by atoms with Crippen molar-refractivity contribution in [1.82, 2.24) is 0 Å². The zero-order valence-corrected chi connectivity index (χ0v) is 10.2. The molecule has 5 heteroatoms. The molecule has 96 valence electrons. The minimum Gasteiger partial charge on any atom is -0.497 e. The predicted molar refractivity (Wildman–Crippen MR) is 64.3 cm³/mol. The van der Waals surface area contributed by atoms with Crippen LogP contribution < -0.4 is 15.2 Å². The summed E-state index contributed by atoms with van der Waals surface area (Å²) in [5, 5.41) is 9.26. The average Bonchev–Trinajstić information content (AvgIpc) is 2.38. The van der Waals surface area contributed by atoms with Gasteiger partial charge in [0.25, 0.3) is 0 Å². The lowest BCUT2D eigenvalue weighted by atomic mass is 10.2. The van der Waals surface area contributed by atoms with Crippen molar-refractivity contribution in [1.29, 1.82) is 0 Å². The number of rotatable bonds is 7. The van der Waals surface area contributed by atoms with E-state index in [1.165, 1.54) is 0 Å². The van der Waals surface area contributed by atoms with Gasteiger partial charge in [0.1, 0.15) is 11.5 Å². The normalized spacial score (nSPS) is 12.2. The summed E-state index contributed by atoms with van der Waals surface area (Å²) in [5.74, 6) is 1.47. The van der Waals surface area contributed by atoms with E-state index in [0.717, 1.165) is 17.1 Å². The molecule has 0 radical (unpaired) electrons. The quantitative estimate of drug-likeness (QED) is 0.729. The molecule has 0 heterocycles. The Morgan fingerprint density at radius 2 is 2.06 bits per heavy atom. The molecule has 0 aliphatic carbocycles. The molecule has 0 saturated carbocycles.